The molecule has 0 spiro atoms. The Balaban J connectivity index is 2.13. The van der Waals surface area contributed by atoms with Crippen molar-refractivity contribution in [3.63, 3.8) is 0 Å². The minimum absolute atomic E-state index is 0.0413. The molecule has 0 fully saturated rings. The van der Waals surface area contributed by atoms with Crippen molar-refractivity contribution < 1.29 is 4.79 Å². The van der Waals surface area contributed by atoms with Crippen molar-refractivity contribution in [1.82, 2.24) is 19.9 Å². The van der Waals surface area contributed by atoms with Crippen LogP contribution < -0.4 is 11.1 Å². The number of anilines is 1. The van der Waals surface area contributed by atoms with E-state index in [9.17, 15) is 4.79 Å². The van der Waals surface area contributed by atoms with Crippen LogP contribution in [-0.4, -0.2) is 27.0 Å². The molecular formula is C14H19N5O. The second kappa shape index (κ2) is 6.18. The molecule has 0 atom stereocenters. The van der Waals surface area contributed by atoms with Crippen LogP contribution in [0.3, 0.4) is 0 Å². The molecule has 6 heteroatoms. The Morgan fingerprint density at radius 1 is 1.50 bits per heavy atom. The molecular weight excluding hydrogens is 254 g/mol. The summed E-state index contributed by atoms with van der Waals surface area (Å²) in [5.41, 5.74) is 7.42. The standard InChI is InChI=1S/C14H19N5O/c1-10(2)6-18-13(20)8-19-9-16-7-12(19)11-4-3-5-17-14(11)15/h3-5,7,9-10H,6,8H2,1-2H3,(H2,15,17)(H,18,20). The van der Waals surface area contributed by atoms with Gasteiger partial charge in [-0.2, -0.15) is 0 Å². The quantitative estimate of drug-likeness (QED) is 0.859. The van der Waals surface area contributed by atoms with Crippen LogP contribution in [0.1, 0.15) is 13.8 Å². The van der Waals surface area contributed by atoms with Gasteiger partial charge in [0.2, 0.25) is 5.91 Å². The van der Waals surface area contributed by atoms with Gasteiger partial charge in [0.05, 0.1) is 18.2 Å². The maximum absolute atomic E-state index is 11.9. The summed E-state index contributed by atoms with van der Waals surface area (Å²) in [7, 11) is 0. The number of imidazole rings is 1. The smallest absolute Gasteiger partial charge is 0.240 e. The van der Waals surface area contributed by atoms with Gasteiger partial charge in [0.15, 0.2) is 0 Å². The molecule has 0 aliphatic carbocycles. The summed E-state index contributed by atoms with van der Waals surface area (Å²) in [5.74, 6) is 0.812. The fourth-order valence-corrected chi connectivity index (χ4v) is 1.83. The summed E-state index contributed by atoms with van der Waals surface area (Å²) in [6.45, 7) is 4.99. The minimum Gasteiger partial charge on any atom is -0.383 e. The van der Waals surface area contributed by atoms with E-state index in [4.69, 9.17) is 5.73 Å². The normalized spacial score (nSPS) is 10.8. The highest BCUT2D eigenvalue weighted by Crippen LogP contribution is 2.23. The van der Waals surface area contributed by atoms with Gasteiger partial charge in [0.25, 0.3) is 0 Å². The molecule has 0 aliphatic rings. The van der Waals surface area contributed by atoms with Gasteiger partial charge in [-0.25, -0.2) is 9.97 Å². The lowest BCUT2D eigenvalue weighted by Gasteiger charge is -2.11. The Morgan fingerprint density at radius 2 is 2.30 bits per heavy atom. The van der Waals surface area contributed by atoms with Crippen LogP contribution >= 0.6 is 0 Å². The molecule has 106 valence electrons. The predicted molar refractivity (Wildman–Crippen MR) is 77.7 cm³/mol. The molecule has 20 heavy (non-hydrogen) atoms. The number of amides is 1. The Bertz CT molecular complexity index is 591. The molecule has 3 N–H and O–H groups in total. The van der Waals surface area contributed by atoms with Crippen molar-refractivity contribution in [2.45, 2.75) is 20.4 Å². The molecule has 2 heterocycles. The van der Waals surface area contributed by atoms with Gasteiger partial charge < -0.3 is 15.6 Å². The average molecular weight is 273 g/mol. The summed E-state index contributed by atoms with van der Waals surface area (Å²) in [6.07, 6.45) is 4.94. The molecule has 0 saturated heterocycles. The van der Waals surface area contributed by atoms with Crippen molar-refractivity contribution in [1.29, 1.82) is 0 Å². The van der Waals surface area contributed by atoms with Gasteiger partial charge in [0.1, 0.15) is 12.4 Å². The largest absolute Gasteiger partial charge is 0.383 e. The van der Waals surface area contributed by atoms with Crippen molar-refractivity contribution in [3.8, 4) is 11.3 Å². The van der Waals surface area contributed by atoms with Crippen LogP contribution in [0.2, 0.25) is 0 Å². The number of nitrogens with one attached hydrogen (secondary N) is 1. The van der Waals surface area contributed by atoms with Gasteiger partial charge in [0, 0.05) is 18.3 Å². The van der Waals surface area contributed by atoms with Crippen LogP contribution in [0.4, 0.5) is 5.82 Å². The zero-order valence-electron chi connectivity index (χ0n) is 11.7. The van der Waals surface area contributed by atoms with Crippen molar-refractivity contribution >= 4 is 11.7 Å². The summed E-state index contributed by atoms with van der Waals surface area (Å²) < 4.78 is 1.77. The molecule has 2 aromatic heterocycles. The fourth-order valence-electron chi connectivity index (χ4n) is 1.83. The van der Waals surface area contributed by atoms with E-state index >= 15 is 0 Å². The first-order chi connectivity index (χ1) is 9.58. The van der Waals surface area contributed by atoms with Gasteiger partial charge in [-0.15, -0.1) is 0 Å². The van der Waals surface area contributed by atoms with Gasteiger partial charge >= 0.3 is 0 Å². The average Bonchev–Trinajstić information content (AvgIpc) is 2.85. The molecule has 0 aromatic carbocycles. The lowest BCUT2D eigenvalue weighted by molar-refractivity contribution is -0.121. The molecule has 2 rings (SSSR count). The van der Waals surface area contributed by atoms with Crippen LogP contribution in [0, 0.1) is 5.92 Å². The Hall–Kier alpha value is -2.37. The molecule has 0 saturated carbocycles. The second-order valence-electron chi connectivity index (χ2n) is 5.04. The van der Waals surface area contributed by atoms with E-state index in [1.54, 1.807) is 23.3 Å². The third-order valence-corrected chi connectivity index (χ3v) is 2.85. The number of nitrogens with two attached hydrogens (primary N) is 1. The van der Waals surface area contributed by atoms with E-state index in [0.29, 0.717) is 18.3 Å². The number of pyridine rings is 1. The summed E-state index contributed by atoms with van der Waals surface area (Å²) in [5, 5.41) is 2.88. The van der Waals surface area contributed by atoms with Gasteiger partial charge in [-0.3, -0.25) is 4.79 Å². The lowest BCUT2D eigenvalue weighted by Crippen LogP contribution is -2.30. The number of hydrogen-bond acceptors (Lipinski definition) is 4. The van der Waals surface area contributed by atoms with Crippen molar-refractivity contribution in [3.05, 3.63) is 30.9 Å². The summed E-state index contributed by atoms with van der Waals surface area (Å²) in [4.78, 5) is 20.0. The Labute approximate surface area is 118 Å². The predicted octanol–water partition coefficient (Wildman–Crippen LogP) is 1.30. The van der Waals surface area contributed by atoms with Crippen LogP contribution in [-0.2, 0) is 11.3 Å². The second-order valence-corrected chi connectivity index (χ2v) is 5.04. The summed E-state index contributed by atoms with van der Waals surface area (Å²) >= 11 is 0. The molecule has 0 bridgehead atoms. The van der Waals surface area contributed by atoms with E-state index in [2.05, 4.69) is 29.1 Å². The number of nitrogens with zero attached hydrogens (tertiary/aromatic N) is 3. The first kappa shape index (κ1) is 14.0. The SMILES string of the molecule is CC(C)CNC(=O)Cn1cncc1-c1cccnc1N. The van der Waals surface area contributed by atoms with Crippen molar-refractivity contribution in [2.24, 2.45) is 5.92 Å². The number of aromatic nitrogens is 3. The first-order valence-corrected chi connectivity index (χ1v) is 6.55. The highest BCUT2D eigenvalue weighted by molar-refractivity contribution is 5.77. The lowest BCUT2D eigenvalue weighted by atomic mass is 10.2. The molecule has 0 aliphatic heterocycles. The zero-order valence-corrected chi connectivity index (χ0v) is 11.7. The number of nitrogen functional groups attached to an aromatic ring is 1. The van der Waals surface area contributed by atoms with E-state index < -0.39 is 0 Å². The van der Waals surface area contributed by atoms with Gasteiger partial charge in [-0.05, 0) is 18.1 Å². The van der Waals surface area contributed by atoms with Crippen LogP contribution in [0.5, 0.6) is 0 Å². The number of hydrogen-bond donors (Lipinski definition) is 2. The van der Waals surface area contributed by atoms with Gasteiger partial charge in [-0.1, -0.05) is 13.8 Å². The molecule has 1 amide bonds. The first-order valence-electron chi connectivity index (χ1n) is 6.55. The Morgan fingerprint density at radius 3 is 3.00 bits per heavy atom. The van der Waals surface area contributed by atoms with E-state index in [-0.39, 0.29) is 12.5 Å². The molecule has 0 radical (unpaired) electrons. The third-order valence-electron chi connectivity index (χ3n) is 2.85. The summed E-state index contributed by atoms with van der Waals surface area (Å²) in [6, 6.07) is 3.67. The third kappa shape index (κ3) is 3.34. The number of carbonyl (C=O) groups is 1. The van der Waals surface area contributed by atoms with Crippen LogP contribution in [0.15, 0.2) is 30.9 Å². The Kier molecular flexibility index (Phi) is 4.34. The van der Waals surface area contributed by atoms with E-state index in [0.717, 1.165) is 11.3 Å². The zero-order chi connectivity index (χ0) is 14.5. The highest BCUT2D eigenvalue weighted by Gasteiger charge is 2.11. The van der Waals surface area contributed by atoms with Crippen molar-refractivity contribution in [2.75, 3.05) is 12.3 Å². The monoisotopic (exact) mass is 273 g/mol. The fraction of sp³-hybridized carbons (Fsp3) is 0.357. The molecule has 0 unspecified atom stereocenters. The topological polar surface area (TPSA) is 85.8 Å². The molecule has 6 nitrogen and oxygen atoms in total. The van der Waals surface area contributed by atoms with Crippen LogP contribution in [0.25, 0.3) is 11.3 Å². The maximum atomic E-state index is 11.9. The minimum atomic E-state index is -0.0413. The number of rotatable bonds is 5. The van der Waals surface area contributed by atoms with E-state index in [1.807, 2.05) is 12.1 Å². The highest BCUT2D eigenvalue weighted by atomic mass is 16.1. The molecule has 2 aromatic rings. The van der Waals surface area contributed by atoms with E-state index in [1.165, 1.54) is 0 Å². The number of carbonyl (C=O) groups excluding carboxylic acids is 1. The maximum Gasteiger partial charge on any atom is 0.240 e.